The Morgan fingerprint density at radius 1 is 1.09 bits per heavy atom. The molecule has 0 radical (unpaired) electrons. The van der Waals surface area contributed by atoms with E-state index in [2.05, 4.69) is 30.1 Å². The fraction of sp³-hybridized carbons (Fsp3) is 0.611. The number of aryl methyl sites for hydroxylation is 1. The first kappa shape index (κ1) is 15.3. The quantitative estimate of drug-likeness (QED) is 0.909. The van der Waals surface area contributed by atoms with Gasteiger partial charge in [0, 0.05) is 37.9 Å². The minimum Gasteiger partial charge on any atom is -0.322 e. The maximum absolute atomic E-state index is 12.5. The van der Waals surface area contributed by atoms with Crippen molar-refractivity contribution in [3.8, 4) is 0 Å². The molecule has 0 bridgehead atoms. The topological polar surface area (TPSA) is 35.6 Å². The van der Waals surface area contributed by atoms with Crippen molar-refractivity contribution in [2.75, 3.05) is 31.5 Å². The van der Waals surface area contributed by atoms with Gasteiger partial charge in [0.25, 0.3) is 0 Å². The third kappa shape index (κ3) is 3.27. The Bertz CT molecular complexity index is 529. The molecule has 1 saturated carbocycles. The van der Waals surface area contributed by atoms with Crippen LogP contribution in [0.3, 0.4) is 0 Å². The van der Waals surface area contributed by atoms with Crippen LogP contribution in [-0.2, 0) is 0 Å². The van der Waals surface area contributed by atoms with Crippen molar-refractivity contribution in [2.24, 2.45) is 0 Å². The second kappa shape index (κ2) is 6.69. The number of anilines is 1. The summed E-state index contributed by atoms with van der Waals surface area (Å²) in [6.45, 7) is 7.85. The van der Waals surface area contributed by atoms with E-state index in [1.54, 1.807) is 0 Å². The van der Waals surface area contributed by atoms with Crippen molar-refractivity contribution in [3.63, 3.8) is 0 Å². The zero-order valence-electron chi connectivity index (χ0n) is 13.8. The van der Waals surface area contributed by atoms with Gasteiger partial charge in [0.2, 0.25) is 0 Å². The first-order valence-corrected chi connectivity index (χ1v) is 8.51. The number of carbonyl (C=O) groups is 1. The van der Waals surface area contributed by atoms with Crippen molar-refractivity contribution in [1.29, 1.82) is 0 Å². The highest BCUT2D eigenvalue weighted by Gasteiger charge is 2.27. The molecule has 120 valence electrons. The number of benzene rings is 1. The molecule has 1 heterocycles. The van der Waals surface area contributed by atoms with E-state index in [0.29, 0.717) is 0 Å². The van der Waals surface area contributed by atoms with E-state index in [4.69, 9.17) is 0 Å². The number of urea groups is 1. The van der Waals surface area contributed by atoms with Crippen molar-refractivity contribution in [3.05, 3.63) is 29.3 Å². The number of rotatable bonds is 2. The molecule has 1 aliphatic heterocycles. The lowest BCUT2D eigenvalue weighted by Crippen LogP contribution is -2.52. The van der Waals surface area contributed by atoms with Gasteiger partial charge in [-0.3, -0.25) is 4.90 Å². The van der Waals surface area contributed by atoms with E-state index in [1.165, 1.54) is 31.2 Å². The molecule has 1 aromatic carbocycles. The first-order valence-electron chi connectivity index (χ1n) is 8.51. The van der Waals surface area contributed by atoms with E-state index in [-0.39, 0.29) is 6.03 Å². The van der Waals surface area contributed by atoms with Gasteiger partial charge in [-0.1, -0.05) is 25.0 Å². The summed E-state index contributed by atoms with van der Waals surface area (Å²) in [6, 6.07) is 6.86. The van der Waals surface area contributed by atoms with E-state index < -0.39 is 0 Å². The Balaban J connectivity index is 1.54. The molecule has 1 aliphatic carbocycles. The summed E-state index contributed by atoms with van der Waals surface area (Å²) in [5, 5.41) is 3.07. The number of amides is 2. The Kier molecular flexibility index (Phi) is 4.67. The monoisotopic (exact) mass is 301 g/mol. The van der Waals surface area contributed by atoms with Crippen molar-refractivity contribution < 1.29 is 4.79 Å². The van der Waals surface area contributed by atoms with Gasteiger partial charge in [-0.2, -0.15) is 0 Å². The molecule has 4 nitrogen and oxygen atoms in total. The molecule has 2 amide bonds. The van der Waals surface area contributed by atoms with Gasteiger partial charge in [-0.25, -0.2) is 4.79 Å². The molecule has 2 aliphatic rings. The lowest BCUT2D eigenvalue weighted by Gasteiger charge is -2.38. The summed E-state index contributed by atoms with van der Waals surface area (Å²) in [4.78, 5) is 17.0. The number of nitrogens with zero attached hydrogens (tertiary/aromatic N) is 2. The fourth-order valence-corrected chi connectivity index (χ4v) is 3.64. The van der Waals surface area contributed by atoms with Crippen molar-refractivity contribution in [2.45, 2.75) is 45.6 Å². The predicted octanol–water partition coefficient (Wildman–Crippen LogP) is 3.40. The van der Waals surface area contributed by atoms with Gasteiger partial charge in [0.15, 0.2) is 0 Å². The number of nitrogens with one attached hydrogen (secondary N) is 1. The molecule has 4 heteroatoms. The van der Waals surface area contributed by atoms with Crippen LogP contribution in [0.15, 0.2) is 18.2 Å². The summed E-state index contributed by atoms with van der Waals surface area (Å²) in [6.07, 6.45) is 5.43. The van der Waals surface area contributed by atoms with Gasteiger partial charge in [-0.05, 0) is 43.9 Å². The van der Waals surface area contributed by atoms with E-state index in [9.17, 15) is 4.79 Å². The lowest BCUT2D eigenvalue weighted by atomic mass is 10.1. The summed E-state index contributed by atoms with van der Waals surface area (Å²) in [7, 11) is 0. The van der Waals surface area contributed by atoms with E-state index in [1.807, 2.05) is 17.0 Å². The minimum atomic E-state index is 0.0415. The maximum atomic E-state index is 12.5. The molecule has 1 N–H and O–H groups in total. The Morgan fingerprint density at radius 3 is 2.45 bits per heavy atom. The third-order valence-electron chi connectivity index (χ3n) is 5.29. The number of piperazine rings is 1. The Hall–Kier alpha value is -1.55. The Labute approximate surface area is 133 Å². The number of hydrogen-bond acceptors (Lipinski definition) is 2. The van der Waals surface area contributed by atoms with Crippen LogP contribution in [0.2, 0.25) is 0 Å². The van der Waals surface area contributed by atoms with Gasteiger partial charge in [-0.15, -0.1) is 0 Å². The highest BCUT2D eigenvalue weighted by atomic mass is 16.2. The molecule has 2 fully saturated rings. The number of carbonyl (C=O) groups excluding carboxylic acids is 1. The Morgan fingerprint density at radius 2 is 1.77 bits per heavy atom. The zero-order valence-corrected chi connectivity index (χ0v) is 13.8. The van der Waals surface area contributed by atoms with Crippen LogP contribution in [0.1, 0.15) is 36.8 Å². The fourth-order valence-electron chi connectivity index (χ4n) is 3.64. The van der Waals surface area contributed by atoms with Crippen molar-refractivity contribution in [1.82, 2.24) is 9.80 Å². The van der Waals surface area contributed by atoms with Crippen LogP contribution in [0.25, 0.3) is 0 Å². The van der Waals surface area contributed by atoms with E-state index in [0.717, 1.165) is 43.5 Å². The third-order valence-corrected chi connectivity index (χ3v) is 5.29. The second-order valence-electron chi connectivity index (χ2n) is 6.64. The molecular formula is C18H27N3O. The van der Waals surface area contributed by atoms with Gasteiger partial charge in [0.1, 0.15) is 0 Å². The summed E-state index contributed by atoms with van der Waals surface area (Å²) in [5.41, 5.74) is 3.30. The van der Waals surface area contributed by atoms with Crippen LogP contribution in [0.4, 0.5) is 10.5 Å². The van der Waals surface area contributed by atoms with Gasteiger partial charge in [0.05, 0.1) is 0 Å². The first-order chi connectivity index (χ1) is 10.6. The van der Waals surface area contributed by atoms with Gasteiger partial charge >= 0.3 is 6.03 Å². The predicted molar refractivity (Wildman–Crippen MR) is 90.3 cm³/mol. The molecular weight excluding hydrogens is 274 g/mol. The average Bonchev–Trinajstić information content (AvgIpc) is 3.06. The van der Waals surface area contributed by atoms with Gasteiger partial charge < -0.3 is 10.2 Å². The molecule has 1 aromatic rings. The molecule has 0 unspecified atom stereocenters. The normalized spacial score (nSPS) is 20.4. The average molecular weight is 301 g/mol. The second-order valence-corrected chi connectivity index (χ2v) is 6.64. The lowest BCUT2D eigenvalue weighted by molar-refractivity contribution is 0.115. The largest absolute Gasteiger partial charge is 0.322 e. The van der Waals surface area contributed by atoms with Crippen LogP contribution < -0.4 is 5.32 Å². The van der Waals surface area contributed by atoms with Crippen LogP contribution >= 0.6 is 0 Å². The summed E-state index contributed by atoms with van der Waals surface area (Å²) >= 11 is 0. The van der Waals surface area contributed by atoms with Crippen LogP contribution in [0, 0.1) is 13.8 Å². The maximum Gasteiger partial charge on any atom is 0.321 e. The standard InChI is InChI=1S/C18H27N3O/c1-14-6-5-9-17(15(14)2)19-18(22)21-12-10-20(11-13-21)16-7-3-4-8-16/h5-6,9,16H,3-4,7-8,10-13H2,1-2H3,(H,19,22). The highest BCUT2D eigenvalue weighted by molar-refractivity contribution is 5.90. The highest BCUT2D eigenvalue weighted by Crippen LogP contribution is 2.24. The van der Waals surface area contributed by atoms with Crippen molar-refractivity contribution >= 4 is 11.7 Å². The summed E-state index contributed by atoms with van der Waals surface area (Å²) < 4.78 is 0. The molecule has 0 atom stereocenters. The molecule has 22 heavy (non-hydrogen) atoms. The van der Waals surface area contributed by atoms with E-state index >= 15 is 0 Å². The van der Waals surface area contributed by atoms with Crippen LogP contribution in [-0.4, -0.2) is 48.1 Å². The molecule has 0 spiro atoms. The smallest absolute Gasteiger partial charge is 0.321 e. The molecule has 1 saturated heterocycles. The summed E-state index contributed by atoms with van der Waals surface area (Å²) in [5.74, 6) is 0. The molecule has 3 rings (SSSR count). The minimum absolute atomic E-state index is 0.0415. The zero-order chi connectivity index (χ0) is 15.5. The van der Waals surface area contributed by atoms with Crippen LogP contribution in [0.5, 0.6) is 0 Å². The molecule has 0 aromatic heterocycles. The SMILES string of the molecule is Cc1cccc(NC(=O)N2CCN(C3CCCC3)CC2)c1C. The number of hydrogen-bond donors (Lipinski definition) is 1.